The number of H-pyrrole nitrogens is 1. The van der Waals surface area contributed by atoms with Crippen molar-refractivity contribution in [3.63, 3.8) is 0 Å². The SMILES string of the molecule is Cc1ccsc1CNC(=O)c1cn[nH]c1N. The lowest BCUT2D eigenvalue weighted by molar-refractivity contribution is 0.0952. The van der Waals surface area contributed by atoms with E-state index < -0.39 is 0 Å². The second-order valence-electron chi connectivity index (χ2n) is 3.41. The van der Waals surface area contributed by atoms with Crippen molar-refractivity contribution in [3.05, 3.63) is 33.6 Å². The van der Waals surface area contributed by atoms with Crippen molar-refractivity contribution in [2.75, 3.05) is 5.73 Å². The van der Waals surface area contributed by atoms with Crippen LogP contribution in [0.3, 0.4) is 0 Å². The number of aromatic amines is 1. The van der Waals surface area contributed by atoms with Crippen molar-refractivity contribution >= 4 is 23.1 Å². The number of nitrogens with one attached hydrogen (secondary N) is 2. The maximum atomic E-state index is 11.7. The summed E-state index contributed by atoms with van der Waals surface area (Å²) < 4.78 is 0. The van der Waals surface area contributed by atoms with Crippen LogP contribution in [-0.4, -0.2) is 16.1 Å². The van der Waals surface area contributed by atoms with Crippen molar-refractivity contribution in [1.82, 2.24) is 15.5 Å². The normalized spacial score (nSPS) is 10.3. The van der Waals surface area contributed by atoms with E-state index in [2.05, 4.69) is 15.5 Å². The molecule has 4 N–H and O–H groups in total. The molecule has 0 aromatic carbocycles. The lowest BCUT2D eigenvalue weighted by Gasteiger charge is -2.03. The van der Waals surface area contributed by atoms with Crippen LogP contribution in [0, 0.1) is 6.92 Å². The quantitative estimate of drug-likeness (QED) is 0.750. The molecule has 0 radical (unpaired) electrons. The Morgan fingerprint density at radius 3 is 3.06 bits per heavy atom. The maximum Gasteiger partial charge on any atom is 0.256 e. The van der Waals surface area contributed by atoms with Crippen molar-refractivity contribution in [3.8, 4) is 0 Å². The van der Waals surface area contributed by atoms with Crippen molar-refractivity contribution in [2.45, 2.75) is 13.5 Å². The third-order valence-corrected chi connectivity index (χ3v) is 3.31. The molecular formula is C10H12N4OS. The molecule has 2 aromatic heterocycles. The van der Waals surface area contributed by atoms with E-state index in [1.165, 1.54) is 11.8 Å². The van der Waals surface area contributed by atoms with E-state index in [1.54, 1.807) is 11.3 Å². The predicted molar refractivity (Wildman–Crippen MR) is 63.2 cm³/mol. The highest BCUT2D eigenvalue weighted by molar-refractivity contribution is 7.10. The molecule has 0 aliphatic rings. The Morgan fingerprint density at radius 1 is 1.69 bits per heavy atom. The number of aromatic nitrogens is 2. The van der Waals surface area contributed by atoms with Gasteiger partial charge < -0.3 is 11.1 Å². The molecule has 16 heavy (non-hydrogen) atoms. The van der Waals surface area contributed by atoms with Gasteiger partial charge in [0.25, 0.3) is 5.91 Å². The Kier molecular flexibility index (Phi) is 2.91. The number of anilines is 1. The summed E-state index contributed by atoms with van der Waals surface area (Å²) in [5.74, 6) is 0.0828. The first-order valence-corrected chi connectivity index (χ1v) is 5.66. The summed E-state index contributed by atoms with van der Waals surface area (Å²) in [6, 6.07) is 2.03. The van der Waals surface area contributed by atoms with Crippen molar-refractivity contribution < 1.29 is 4.79 Å². The van der Waals surface area contributed by atoms with Crippen LogP contribution >= 0.6 is 11.3 Å². The first kappa shape index (κ1) is 10.7. The van der Waals surface area contributed by atoms with E-state index in [0.29, 0.717) is 17.9 Å². The Balaban J connectivity index is 1.99. The molecule has 84 valence electrons. The van der Waals surface area contributed by atoms with E-state index in [9.17, 15) is 4.79 Å². The number of thiophene rings is 1. The smallest absolute Gasteiger partial charge is 0.256 e. The Labute approximate surface area is 96.7 Å². The summed E-state index contributed by atoms with van der Waals surface area (Å²) in [6.07, 6.45) is 1.42. The fraction of sp³-hybridized carbons (Fsp3) is 0.200. The van der Waals surface area contributed by atoms with E-state index in [0.717, 1.165) is 4.88 Å². The second kappa shape index (κ2) is 4.36. The topological polar surface area (TPSA) is 83.8 Å². The average molecular weight is 236 g/mol. The molecule has 0 fully saturated rings. The van der Waals surface area contributed by atoms with Crippen LogP contribution in [0.5, 0.6) is 0 Å². The van der Waals surface area contributed by atoms with Gasteiger partial charge in [0.05, 0.1) is 12.7 Å². The predicted octanol–water partition coefficient (Wildman–Crippen LogP) is 1.29. The van der Waals surface area contributed by atoms with Gasteiger partial charge in [-0.05, 0) is 23.9 Å². The van der Waals surface area contributed by atoms with Gasteiger partial charge in [-0.3, -0.25) is 9.89 Å². The van der Waals surface area contributed by atoms with E-state index in [-0.39, 0.29) is 5.91 Å². The van der Waals surface area contributed by atoms with Gasteiger partial charge in [-0.25, -0.2) is 0 Å². The fourth-order valence-electron chi connectivity index (χ4n) is 1.32. The summed E-state index contributed by atoms with van der Waals surface area (Å²) in [5, 5.41) is 11.0. The molecular weight excluding hydrogens is 224 g/mol. The first-order chi connectivity index (χ1) is 7.68. The number of hydrogen-bond donors (Lipinski definition) is 3. The molecule has 2 rings (SSSR count). The Hall–Kier alpha value is -1.82. The summed E-state index contributed by atoms with van der Waals surface area (Å²) >= 11 is 1.62. The molecule has 0 spiro atoms. The van der Waals surface area contributed by atoms with Crippen LogP contribution in [0.1, 0.15) is 20.8 Å². The molecule has 0 saturated heterocycles. The number of carbonyl (C=O) groups is 1. The number of hydrogen-bond acceptors (Lipinski definition) is 4. The molecule has 0 atom stereocenters. The van der Waals surface area contributed by atoms with E-state index >= 15 is 0 Å². The molecule has 6 heteroatoms. The number of aryl methyl sites for hydroxylation is 1. The summed E-state index contributed by atoms with van der Waals surface area (Å²) in [4.78, 5) is 12.8. The molecule has 0 saturated carbocycles. The zero-order chi connectivity index (χ0) is 11.5. The first-order valence-electron chi connectivity index (χ1n) is 4.78. The van der Waals surface area contributed by atoms with Gasteiger partial charge in [-0.1, -0.05) is 0 Å². The van der Waals surface area contributed by atoms with Gasteiger partial charge in [-0.2, -0.15) is 5.10 Å². The minimum atomic E-state index is -0.209. The molecule has 1 amide bonds. The lowest BCUT2D eigenvalue weighted by atomic mass is 10.2. The van der Waals surface area contributed by atoms with Crippen LogP contribution in [0.15, 0.2) is 17.6 Å². The zero-order valence-electron chi connectivity index (χ0n) is 8.78. The third kappa shape index (κ3) is 2.06. The van der Waals surface area contributed by atoms with E-state index in [1.807, 2.05) is 18.4 Å². The van der Waals surface area contributed by atoms with E-state index in [4.69, 9.17) is 5.73 Å². The number of nitrogens with two attached hydrogens (primary N) is 1. The Morgan fingerprint density at radius 2 is 2.50 bits per heavy atom. The van der Waals surface area contributed by atoms with Gasteiger partial charge in [0.15, 0.2) is 0 Å². The number of nitrogen functional groups attached to an aromatic ring is 1. The van der Waals surface area contributed by atoms with Crippen molar-refractivity contribution in [2.24, 2.45) is 0 Å². The van der Waals surface area contributed by atoms with Gasteiger partial charge in [0.1, 0.15) is 11.4 Å². The second-order valence-corrected chi connectivity index (χ2v) is 4.41. The van der Waals surface area contributed by atoms with Gasteiger partial charge in [0, 0.05) is 4.88 Å². The van der Waals surface area contributed by atoms with Crippen LogP contribution in [0.25, 0.3) is 0 Å². The number of carbonyl (C=O) groups excluding carboxylic acids is 1. The van der Waals surface area contributed by atoms with Crippen LogP contribution in [0.2, 0.25) is 0 Å². The summed E-state index contributed by atoms with van der Waals surface area (Å²) in [6.45, 7) is 2.54. The van der Waals surface area contributed by atoms with Gasteiger partial charge in [-0.15, -0.1) is 11.3 Å². The van der Waals surface area contributed by atoms with Crippen molar-refractivity contribution in [1.29, 1.82) is 0 Å². The minimum Gasteiger partial charge on any atom is -0.383 e. The average Bonchev–Trinajstić information content (AvgIpc) is 2.84. The fourth-order valence-corrected chi connectivity index (χ4v) is 2.16. The van der Waals surface area contributed by atoms with Crippen LogP contribution < -0.4 is 11.1 Å². The number of amides is 1. The van der Waals surface area contributed by atoms with Crippen LogP contribution in [0.4, 0.5) is 5.82 Å². The highest BCUT2D eigenvalue weighted by Crippen LogP contribution is 2.15. The zero-order valence-corrected chi connectivity index (χ0v) is 9.60. The molecule has 0 aliphatic carbocycles. The molecule has 0 aliphatic heterocycles. The number of nitrogens with zero attached hydrogens (tertiary/aromatic N) is 1. The number of rotatable bonds is 3. The largest absolute Gasteiger partial charge is 0.383 e. The molecule has 2 aromatic rings. The minimum absolute atomic E-state index is 0.209. The van der Waals surface area contributed by atoms with Gasteiger partial charge in [0.2, 0.25) is 0 Å². The summed E-state index contributed by atoms with van der Waals surface area (Å²) in [5.41, 5.74) is 7.11. The molecule has 0 unspecified atom stereocenters. The maximum absolute atomic E-state index is 11.7. The van der Waals surface area contributed by atoms with Crippen LogP contribution in [-0.2, 0) is 6.54 Å². The standard InChI is InChI=1S/C10H12N4OS/c1-6-2-3-16-8(6)5-12-10(15)7-4-13-14-9(7)11/h2-4H,5H2,1H3,(H,12,15)(H3,11,13,14). The lowest BCUT2D eigenvalue weighted by Crippen LogP contribution is -2.23. The molecule has 2 heterocycles. The monoisotopic (exact) mass is 236 g/mol. The Bertz CT molecular complexity index is 502. The highest BCUT2D eigenvalue weighted by atomic mass is 32.1. The molecule has 5 nitrogen and oxygen atoms in total. The summed E-state index contributed by atoms with van der Waals surface area (Å²) in [7, 11) is 0. The highest BCUT2D eigenvalue weighted by Gasteiger charge is 2.11. The molecule has 0 bridgehead atoms. The van der Waals surface area contributed by atoms with Gasteiger partial charge >= 0.3 is 0 Å². The third-order valence-electron chi connectivity index (χ3n) is 2.29.